The number of alkyl halides is 3. The number of hydrogen-bond donors (Lipinski definition) is 1. The second kappa shape index (κ2) is 7.79. The van der Waals surface area contributed by atoms with Gasteiger partial charge in [-0.2, -0.15) is 13.2 Å². The topological polar surface area (TPSA) is 66.5 Å². The number of sulfonamides is 1. The van der Waals surface area contributed by atoms with Crippen LogP contribution in [0.25, 0.3) is 11.1 Å². The highest BCUT2D eigenvalue weighted by molar-refractivity contribution is 7.93. The number of halogens is 5. The van der Waals surface area contributed by atoms with Crippen LogP contribution in [0.2, 0.25) is 5.02 Å². The number of benzene rings is 3. The van der Waals surface area contributed by atoms with Gasteiger partial charge in [0, 0.05) is 11.1 Å². The molecule has 5 nitrogen and oxygen atoms in total. The van der Waals surface area contributed by atoms with Gasteiger partial charge in [0.15, 0.2) is 0 Å². The van der Waals surface area contributed by atoms with Crippen molar-refractivity contribution in [2.45, 2.75) is 11.1 Å². The summed E-state index contributed by atoms with van der Waals surface area (Å²) in [6, 6.07) is 11.8. The average Bonchev–Trinajstić information content (AvgIpc) is 2.72. The molecule has 1 N–H and O–H groups in total. The van der Waals surface area contributed by atoms with Crippen molar-refractivity contribution in [1.29, 1.82) is 0 Å². The normalized spacial score (nSPS) is 14.5. The van der Waals surface area contributed by atoms with Gasteiger partial charge in [-0.1, -0.05) is 29.8 Å². The van der Waals surface area contributed by atoms with Crippen LogP contribution in [0.15, 0.2) is 65.6 Å². The lowest BCUT2D eigenvalue weighted by Crippen LogP contribution is -2.40. The minimum Gasteiger partial charge on any atom is -0.323 e. The number of hydrogen-bond acceptors (Lipinski definition) is 3. The van der Waals surface area contributed by atoms with Gasteiger partial charge in [-0.15, -0.1) is 0 Å². The molecule has 0 bridgehead atoms. The van der Waals surface area contributed by atoms with Crippen LogP contribution in [-0.4, -0.2) is 20.9 Å². The molecular formula is C21H13ClF4N2O3S. The van der Waals surface area contributed by atoms with Gasteiger partial charge in [-0.25, -0.2) is 12.8 Å². The zero-order chi connectivity index (χ0) is 23.3. The van der Waals surface area contributed by atoms with Crippen molar-refractivity contribution >= 4 is 38.9 Å². The van der Waals surface area contributed by atoms with Crippen LogP contribution in [0.3, 0.4) is 0 Å². The summed E-state index contributed by atoms with van der Waals surface area (Å²) in [7, 11) is -4.20. The van der Waals surface area contributed by atoms with E-state index in [-0.39, 0.29) is 32.4 Å². The van der Waals surface area contributed by atoms with Gasteiger partial charge in [0.1, 0.15) is 12.4 Å². The van der Waals surface area contributed by atoms with Crippen LogP contribution in [-0.2, 0) is 21.0 Å². The maximum Gasteiger partial charge on any atom is 0.416 e. The van der Waals surface area contributed by atoms with Crippen LogP contribution in [0, 0.1) is 5.82 Å². The minimum atomic E-state index is -4.66. The van der Waals surface area contributed by atoms with Crippen LogP contribution < -0.4 is 9.62 Å². The van der Waals surface area contributed by atoms with Crippen molar-refractivity contribution < 1.29 is 30.8 Å². The molecule has 32 heavy (non-hydrogen) atoms. The van der Waals surface area contributed by atoms with Gasteiger partial charge < -0.3 is 5.32 Å². The maximum absolute atomic E-state index is 13.9. The van der Waals surface area contributed by atoms with Gasteiger partial charge in [-0.3, -0.25) is 9.10 Å². The molecule has 0 radical (unpaired) electrons. The van der Waals surface area contributed by atoms with E-state index in [9.17, 15) is 30.8 Å². The molecule has 4 rings (SSSR count). The predicted octanol–water partition coefficient (Wildman–Crippen LogP) is 5.31. The molecule has 0 saturated heterocycles. The number of fused-ring (bicyclic) bond motifs is 3. The number of carbonyl (C=O) groups is 1. The van der Waals surface area contributed by atoms with Crippen LogP contribution >= 0.6 is 11.6 Å². The number of nitrogens with zero attached hydrogens (tertiary/aromatic N) is 1. The first-order chi connectivity index (χ1) is 15.0. The van der Waals surface area contributed by atoms with Crippen molar-refractivity contribution in [2.24, 2.45) is 0 Å². The summed E-state index contributed by atoms with van der Waals surface area (Å²) in [4.78, 5) is 12.5. The van der Waals surface area contributed by atoms with E-state index in [1.807, 2.05) is 0 Å². The molecule has 1 aliphatic rings. The van der Waals surface area contributed by atoms with E-state index in [2.05, 4.69) is 5.32 Å². The van der Waals surface area contributed by atoms with Crippen molar-refractivity contribution in [1.82, 2.24) is 0 Å². The number of anilines is 2. The monoisotopic (exact) mass is 484 g/mol. The molecule has 0 unspecified atom stereocenters. The lowest BCUT2D eigenvalue weighted by atomic mass is 10.0. The van der Waals surface area contributed by atoms with Crippen LogP contribution in [0.4, 0.5) is 28.9 Å². The highest BCUT2D eigenvalue weighted by atomic mass is 35.5. The summed E-state index contributed by atoms with van der Waals surface area (Å²) in [5, 5.41) is 2.07. The predicted molar refractivity (Wildman–Crippen MR) is 111 cm³/mol. The standard InChI is InChI=1S/C21H13ClF4N2O3S/c22-16-7-5-12(21(24,25)26)9-17(16)27-20(29)11-28-18-8-6-13(23)10-15(18)14-3-1-2-4-19(14)32(28,30)31/h1-10H,11H2,(H,27,29). The summed E-state index contributed by atoms with van der Waals surface area (Å²) in [6.07, 6.45) is -4.66. The highest BCUT2D eigenvalue weighted by Gasteiger charge is 2.36. The molecule has 0 aromatic heterocycles. The maximum atomic E-state index is 13.9. The summed E-state index contributed by atoms with van der Waals surface area (Å²) in [5.74, 6) is -1.53. The quantitative estimate of drug-likeness (QED) is 0.512. The first kappa shape index (κ1) is 22.1. The Balaban J connectivity index is 1.70. The third kappa shape index (κ3) is 3.91. The fourth-order valence-electron chi connectivity index (χ4n) is 3.39. The van der Waals surface area contributed by atoms with E-state index in [0.29, 0.717) is 6.07 Å². The van der Waals surface area contributed by atoms with Gasteiger partial charge in [0.2, 0.25) is 5.91 Å². The van der Waals surface area contributed by atoms with E-state index < -0.39 is 40.0 Å². The summed E-state index contributed by atoms with van der Waals surface area (Å²) in [5.41, 5.74) is -0.742. The Morgan fingerprint density at radius 1 is 1.00 bits per heavy atom. The molecule has 0 atom stereocenters. The molecule has 3 aromatic rings. The molecule has 0 saturated carbocycles. The number of amides is 1. The molecule has 1 amide bonds. The third-order valence-electron chi connectivity index (χ3n) is 4.83. The summed E-state index contributed by atoms with van der Waals surface area (Å²) in [6.45, 7) is -0.762. The smallest absolute Gasteiger partial charge is 0.323 e. The fraction of sp³-hybridized carbons (Fsp3) is 0.0952. The molecule has 1 heterocycles. The second-order valence-electron chi connectivity index (χ2n) is 6.91. The number of carbonyl (C=O) groups excluding carboxylic acids is 1. The van der Waals surface area contributed by atoms with Crippen molar-refractivity contribution in [3.8, 4) is 11.1 Å². The third-order valence-corrected chi connectivity index (χ3v) is 6.98. The van der Waals surface area contributed by atoms with E-state index in [4.69, 9.17) is 11.6 Å². The molecule has 3 aromatic carbocycles. The SMILES string of the molecule is O=C(CN1c2ccc(F)cc2-c2ccccc2S1(=O)=O)Nc1cc(C(F)(F)F)ccc1Cl. The lowest BCUT2D eigenvalue weighted by molar-refractivity contribution is -0.137. The van der Waals surface area contributed by atoms with E-state index >= 15 is 0 Å². The van der Waals surface area contributed by atoms with Crippen molar-refractivity contribution in [2.75, 3.05) is 16.2 Å². The van der Waals surface area contributed by atoms with Gasteiger partial charge in [0.25, 0.3) is 10.0 Å². The largest absolute Gasteiger partial charge is 0.416 e. The van der Waals surface area contributed by atoms with Gasteiger partial charge in [0.05, 0.1) is 26.9 Å². The Morgan fingerprint density at radius 3 is 2.44 bits per heavy atom. The molecule has 0 spiro atoms. The van der Waals surface area contributed by atoms with Crippen LogP contribution in [0.5, 0.6) is 0 Å². The van der Waals surface area contributed by atoms with Crippen molar-refractivity contribution in [3.63, 3.8) is 0 Å². The van der Waals surface area contributed by atoms with E-state index in [1.165, 1.54) is 24.3 Å². The summed E-state index contributed by atoms with van der Waals surface area (Å²) < 4.78 is 79.9. The Hall–Kier alpha value is -3.11. The highest BCUT2D eigenvalue weighted by Crippen LogP contribution is 2.43. The van der Waals surface area contributed by atoms with E-state index in [1.54, 1.807) is 6.07 Å². The zero-order valence-corrected chi connectivity index (χ0v) is 17.5. The van der Waals surface area contributed by atoms with Crippen molar-refractivity contribution in [3.05, 3.63) is 77.1 Å². The average molecular weight is 485 g/mol. The Bertz CT molecular complexity index is 1340. The van der Waals surface area contributed by atoms with Gasteiger partial charge >= 0.3 is 6.18 Å². The lowest BCUT2D eigenvalue weighted by Gasteiger charge is -2.31. The molecule has 0 fully saturated rings. The second-order valence-corrected chi connectivity index (χ2v) is 9.15. The molecule has 0 aliphatic carbocycles. The molecule has 166 valence electrons. The Labute approximate surface area is 185 Å². The Morgan fingerprint density at radius 2 is 1.72 bits per heavy atom. The van der Waals surface area contributed by atoms with E-state index in [0.717, 1.165) is 28.6 Å². The molecular weight excluding hydrogens is 472 g/mol. The summed E-state index contributed by atoms with van der Waals surface area (Å²) >= 11 is 5.90. The minimum absolute atomic E-state index is 0.0652. The zero-order valence-electron chi connectivity index (χ0n) is 16.0. The Kier molecular flexibility index (Phi) is 5.38. The molecule has 1 aliphatic heterocycles. The number of rotatable bonds is 3. The fourth-order valence-corrected chi connectivity index (χ4v) is 5.21. The number of nitrogens with one attached hydrogen (secondary N) is 1. The van der Waals surface area contributed by atoms with Crippen LogP contribution in [0.1, 0.15) is 5.56 Å². The molecule has 11 heteroatoms. The first-order valence-electron chi connectivity index (χ1n) is 9.07. The first-order valence-corrected chi connectivity index (χ1v) is 10.9. The van der Waals surface area contributed by atoms with Gasteiger partial charge in [-0.05, 0) is 42.5 Å².